The Morgan fingerprint density at radius 1 is 1.22 bits per heavy atom. The maximum absolute atomic E-state index is 14.5. The Labute approximate surface area is 158 Å². The van der Waals surface area contributed by atoms with E-state index in [2.05, 4.69) is 5.32 Å². The molecule has 1 atom stereocenters. The highest BCUT2D eigenvalue weighted by Crippen LogP contribution is 2.26. The molecule has 0 radical (unpaired) electrons. The van der Waals surface area contributed by atoms with E-state index in [1.807, 2.05) is 30.3 Å². The number of anilines is 2. The molecule has 1 aliphatic heterocycles. The van der Waals surface area contributed by atoms with Gasteiger partial charge in [0.15, 0.2) is 9.84 Å². The van der Waals surface area contributed by atoms with E-state index in [0.29, 0.717) is 11.3 Å². The van der Waals surface area contributed by atoms with E-state index in [0.717, 1.165) is 11.1 Å². The predicted molar refractivity (Wildman–Crippen MR) is 104 cm³/mol. The fourth-order valence-corrected chi connectivity index (χ4v) is 4.40. The Balaban J connectivity index is 1.58. The van der Waals surface area contributed by atoms with Crippen molar-refractivity contribution in [3.05, 3.63) is 71.4 Å². The van der Waals surface area contributed by atoms with Crippen molar-refractivity contribution < 1.29 is 17.6 Å². The molecule has 0 aliphatic carbocycles. The van der Waals surface area contributed by atoms with Crippen molar-refractivity contribution in [2.24, 2.45) is 5.92 Å². The number of benzene rings is 2. The summed E-state index contributed by atoms with van der Waals surface area (Å²) in [7, 11) is -1.37. The van der Waals surface area contributed by atoms with Crippen molar-refractivity contribution in [2.45, 2.75) is 13.0 Å². The Morgan fingerprint density at radius 2 is 1.96 bits per heavy atom. The number of rotatable bonds is 6. The van der Waals surface area contributed by atoms with Crippen molar-refractivity contribution in [3.8, 4) is 0 Å². The van der Waals surface area contributed by atoms with Crippen LogP contribution in [0.15, 0.2) is 60.0 Å². The van der Waals surface area contributed by atoms with Crippen molar-refractivity contribution >= 4 is 27.1 Å². The maximum atomic E-state index is 14.5. The zero-order valence-corrected chi connectivity index (χ0v) is 15.7. The van der Waals surface area contributed by atoms with Gasteiger partial charge in [-0.25, -0.2) is 12.8 Å². The molecule has 1 unspecified atom stereocenters. The summed E-state index contributed by atoms with van der Waals surface area (Å²) in [5.41, 5.74) is 1.95. The summed E-state index contributed by atoms with van der Waals surface area (Å²) in [6.07, 6.45) is 1.65. The van der Waals surface area contributed by atoms with Crippen LogP contribution in [0, 0.1) is 11.7 Å². The number of carbonyl (C=O) groups excluding carboxylic acids is 1. The Bertz CT molecular complexity index is 958. The van der Waals surface area contributed by atoms with Crippen LogP contribution in [0.2, 0.25) is 0 Å². The summed E-state index contributed by atoms with van der Waals surface area (Å²) in [5.74, 6) is -0.963. The molecule has 0 saturated heterocycles. The first-order valence-electron chi connectivity index (χ1n) is 8.59. The van der Waals surface area contributed by atoms with E-state index in [-0.39, 0.29) is 36.4 Å². The van der Waals surface area contributed by atoms with E-state index in [1.165, 1.54) is 6.07 Å². The topological polar surface area (TPSA) is 66.5 Å². The zero-order chi connectivity index (χ0) is 19.4. The lowest BCUT2D eigenvalue weighted by Crippen LogP contribution is -2.25. The van der Waals surface area contributed by atoms with Crippen LogP contribution in [0.1, 0.15) is 12.0 Å². The van der Waals surface area contributed by atoms with Crippen molar-refractivity contribution in [2.75, 3.05) is 17.7 Å². The molecule has 27 heavy (non-hydrogen) atoms. The minimum atomic E-state index is -3.16. The normalized spacial score (nSPS) is 17.6. The lowest BCUT2D eigenvalue weighted by molar-refractivity contribution is -0.121. The molecule has 2 aromatic rings. The van der Waals surface area contributed by atoms with Crippen molar-refractivity contribution in [1.82, 2.24) is 5.32 Å². The summed E-state index contributed by atoms with van der Waals surface area (Å²) in [6, 6.07) is 14.3. The molecule has 0 fully saturated rings. The molecular formula is C20H21FN2O3S. The number of para-hydroxylation sites is 1. The van der Waals surface area contributed by atoms with Crippen LogP contribution in [0.25, 0.3) is 0 Å². The number of amides is 1. The lowest BCUT2D eigenvalue weighted by Gasteiger charge is -2.20. The number of halogens is 1. The van der Waals surface area contributed by atoms with Gasteiger partial charge in [0.2, 0.25) is 5.91 Å². The first kappa shape index (κ1) is 19.1. The third-order valence-corrected chi connectivity index (χ3v) is 5.92. The van der Waals surface area contributed by atoms with Crippen molar-refractivity contribution in [1.29, 1.82) is 0 Å². The van der Waals surface area contributed by atoms with Crippen LogP contribution < -0.4 is 10.2 Å². The van der Waals surface area contributed by atoms with E-state index in [9.17, 15) is 17.6 Å². The second kappa shape index (κ2) is 7.92. The van der Waals surface area contributed by atoms with Crippen LogP contribution in [-0.4, -0.2) is 27.1 Å². The quantitative estimate of drug-likeness (QED) is 0.826. The van der Waals surface area contributed by atoms with E-state index < -0.39 is 9.84 Å². The van der Waals surface area contributed by atoms with Gasteiger partial charge in [-0.05, 0) is 29.8 Å². The second-order valence-corrected chi connectivity index (χ2v) is 8.51. The van der Waals surface area contributed by atoms with Crippen LogP contribution in [0.5, 0.6) is 0 Å². The van der Waals surface area contributed by atoms with Crippen molar-refractivity contribution in [3.63, 3.8) is 0 Å². The Hall–Kier alpha value is -2.67. The van der Waals surface area contributed by atoms with E-state index in [1.54, 1.807) is 30.2 Å². The number of nitrogens with one attached hydrogen (secondary N) is 1. The maximum Gasteiger partial charge on any atom is 0.220 e. The van der Waals surface area contributed by atoms with Gasteiger partial charge in [-0.2, -0.15) is 0 Å². The Morgan fingerprint density at radius 3 is 2.59 bits per heavy atom. The number of hydrogen-bond donors (Lipinski definition) is 1. The first-order chi connectivity index (χ1) is 12.8. The minimum absolute atomic E-state index is 0.0322. The second-order valence-electron chi connectivity index (χ2n) is 6.58. The summed E-state index contributed by atoms with van der Waals surface area (Å²) < 4.78 is 37.2. The van der Waals surface area contributed by atoms with Gasteiger partial charge in [0.05, 0.1) is 11.4 Å². The molecule has 1 aliphatic rings. The molecule has 7 heteroatoms. The number of carbonyl (C=O) groups is 1. The average molecular weight is 388 g/mol. The molecule has 0 spiro atoms. The third-order valence-electron chi connectivity index (χ3n) is 4.46. The molecule has 2 aromatic carbocycles. The average Bonchev–Trinajstić information content (AvgIpc) is 2.98. The molecule has 1 N–H and O–H groups in total. The van der Waals surface area contributed by atoms with Gasteiger partial charge in [-0.3, -0.25) is 4.79 Å². The molecular weight excluding hydrogens is 367 g/mol. The van der Waals surface area contributed by atoms with E-state index in [4.69, 9.17) is 0 Å². The highest BCUT2D eigenvalue weighted by molar-refractivity contribution is 7.94. The van der Waals surface area contributed by atoms with Gasteiger partial charge in [-0.1, -0.05) is 30.3 Å². The fourth-order valence-electron chi connectivity index (χ4n) is 3.00. The SMILES string of the molecule is CN(c1ccccc1)c1ccc(CNC(=O)CC2C=CS(=O)(=O)C2)cc1F. The Kier molecular flexibility index (Phi) is 5.60. The summed E-state index contributed by atoms with van der Waals surface area (Å²) in [5, 5.41) is 3.87. The monoisotopic (exact) mass is 388 g/mol. The van der Waals surface area contributed by atoms with Crippen LogP contribution in [0.3, 0.4) is 0 Å². The van der Waals surface area contributed by atoms with Gasteiger partial charge in [0, 0.05) is 37.0 Å². The number of sulfone groups is 1. The summed E-state index contributed by atoms with van der Waals surface area (Å²) in [6.45, 7) is 0.189. The van der Waals surface area contributed by atoms with Gasteiger partial charge in [0.1, 0.15) is 5.82 Å². The van der Waals surface area contributed by atoms with Gasteiger partial charge in [0.25, 0.3) is 0 Å². The largest absolute Gasteiger partial charge is 0.352 e. The van der Waals surface area contributed by atoms with Gasteiger partial charge in [-0.15, -0.1) is 0 Å². The fraction of sp³-hybridized carbons (Fsp3) is 0.250. The smallest absolute Gasteiger partial charge is 0.220 e. The number of nitrogens with zero attached hydrogens (tertiary/aromatic N) is 1. The minimum Gasteiger partial charge on any atom is -0.352 e. The zero-order valence-electron chi connectivity index (χ0n) is 14.9. The molecule has 5 nitrogen and oxygen atoms in total. The van der Waals surface area contributed by atoms with Crippen LogP contribution >= 0.6 is 0 Å². The van der Waals surface area contributed by atoms with Crippen LogP contribution in [-0.2, 0) is 21.2 Å². The number of allylic oxidation sites excluding steroid dienone is 1. The lowest BCUT2D eigenvalue weighted by atomic mass is 10.1. The van der Waals surface area contributed by atoms with E-state index >= 15 is 0 Å². The molecule has 1 heterocycles. The standard InChI is InChI=1S/C20H21FN2O3S/c1-23(17-5-3-2-4-6-17)19-8-7-15(11-18(19)21)13-22-20(24)12-16-9-10-27(25,26)14-16/h2-11,16H,12-14H2,1H3,(H,22,24). The summed E-state index contributed by atoms with van der Waals surface area (Å²) in [4.78, 5) is 13.7. The summed E-state index contributed by atoms with van der Waals surface area (Å²) >= 11 is 0. The van der Waals surface area contributed by atoms with Gasteiger partial charge < -0.3 is 10.2 Å². The highest BCUT2D eigenvalue weighted by atomic mass is 32.2. The molecule has 0 bridgehead atoms. The van der Waals surface area contributed by atoms with Gasteiger partial charge >= 0.3 is 0 Å². The number of hydrogen-bond acceptors (Lipinski definition) is 4. The highest BCUT2D eigenvalue weighted by Gasteiger charge is 2.23. The molecule has 1 amide bonds. The van der Waals surface area contributed by atoms with Crippen LogP contribution in [0.4, 0.5) is 15.8 Å². The molecule has 0 saturated carbocycles. The third kappa shape index (κ3) is 4.95. The molecule has 142 valence electrons. The molecule has 3 rings (SSSR count). The first-order valence-corrected chi connectivity index (χ1v) is 10.3. The predicted octanol–water partition coefficient (Wildman–Crippen LogP) is 3.16. The molecule has 0 aromatic heterocycles.